The highest BCUT2D eigenvalue weighted by atomic mass is 32.1. The summed E-state index contributed by atoms with van der Waals surface area (Å²) in [7, 11) is 1.63. The number of ketones is 1. The maximum atomic E-state index is 12.8. The molecule has 4 rings (SSSR count). The van der Waals surface area contributed by atoms with E-state index in [-0.39, 0.29) is 23.0 Å². The number of likely N-dealkylation sites (tertiary alicyclic amines) is 2. The number of Topliss-reactive ketones (excluding diaryl/α,β-unsaturated/α-hetero) is 1. The molecule has 1 aromatic heterocycles. The summed E-state index contributed by atoms with van der Waals surface area (Å²) < 4.78 is 5.25. The second-order valence-electron chi connectivity index (χ2n) is 9.23. The van der Waals surface area contributed by atoms with Crippen molar-refractivity contribution in [2.24, 2.45) is 5.41 Å². The molecule has 0 unspecified atom stereocenters. The molecule has 2 aliphatic rings. The van der Waals surface area contributed by atoms with Crippen LogP contribution in [0.2, 0.25) is 0 Å². The van der Waals surface area contributed by atoms with Crippen LogP contribution in [0, 0.1) is 5.41 Å². The van der Waals surface area contributed by atoms with Gasteiger partial charge in [0.15, 0.2) is 5.78 Å². The number of amides is 2. The highest BCUT2D eigenvalue weighted by Crippen LogP contribution is 2.40. The summed E-state index contributed by atoms with van der Waals surface area (Å²) in [5, 5.41) is 1.90. The van der Waals surface area contributed by atoms with Crippen molar-refractivity contribution in [3.05, 3.63) is 52.2 Å². The minimum absolute atomic E-state index is 0.127. The Labute approximate surface area is 199 Å². The van der Waals surface area contributed by atoms with Crippen LogP contribution in [0.5, 0.6) is 5.75 Å². The van der Waals surface area contributed by atoms with Gasteiger partial charge >= 0.3 is 0 Å². The SMILES string of the molecule is COc1cccc(CC(=O)N2CCC3(CC2)CCN(C(=O)CCCC(=O)c2cccs2)C3)c1. The lowest BCUT2D eigenvalue weighted by molar-refractivity contribution is -0.134. The molecule has 0 radical (unpaired) electrons. The first-order valence-corrected chi connectivity index (χ1v) is 12.6. The molecule has 2 saturated heterocycles. The van der Waals surface area contributed by atoms with Gasteiger partial charge in [0.2, 0.25) is 11.8 Å². The monoisotopic (exact) mass is 468 g/mol. The van der Waals surface area contributed by atoms with Gasteiger partial charge in [0.1, 0.15) is 5.75 Å². The van der Waals surface area contributed by atoms with E-state index < -0.39 is 0 Å². The molecule has 2 amide bonds. The molecule has 7 heteroatoms. The third kappa shape index (κ3) is 5.82. The van der Waals surface area contributed by atoms with E-state index in [0.29, 0.717) is 25.7 Å². The number of carbonyl (C=O) groups excluding carboxylic acids is 3. The third-order valence-corrected chi connectivity index (χ3v) is 7.96. The fraction of sp³-hybridized carbons (Fsp3) is 0.500. The molecule has 1 aromatic carbocycles. The molecule has 0 N–H and O–H groups in total. The molecule has 0 saturated carbocycles. The molecule has 0 atom stereocenters. The number of carbonyl (C=O) groups is 3. The van der Waals surface area contributed by atoms with E-state index in [2.05, 4.69) is 0 Å². The first-order chi connectivity index (χ1) is 16.0. The van der Waals surface area contributed by atoms with E-state index in [1.165, 1.54) is 11.3 Å². The van der Waals surface area contributed by atoms with Gasteiger partial charge in [0, 0.05) is 39.0 Å². The zero-order chi connectivity index (χ0) is 23.3. The van der Waals surface area contributed by atoms with Crippen molar-refractivity contribution in [3.8, 4) is 5.75 Å². The van der Waals surface area contributed by atoms with Gasteiger partial charge in [0.05, 0.1) is 18.4 Å². The number of hydrogen-bond donors (Lipinski definition) is 0. The lowest BCUT2D eigenvalue weighted by atomic mass is 9.77. The second-order valence-corrected chi connectivity index (χ2v) is 10.2. The van der Waals surface area contributed by atoms with Crippen molar-refractivity contribution in [2.75, 3.05) is 33.3 Å². The second kappa shape index (κ2) is 10.5. The Balaban J connectivity index is 1.21. The number of thiophene rings is 1. The standard InChI is InChI=1S/C26H32N2O4S/c1-32-21-6-2-5-20(17-21)18-25(31)27-13-10-26(11-14-27)12-15-28(19-26)24(30)9-3-7-22(29)23-8-4-16-33-23/h2,4-6,8,16-17H,3,7,9-15,18-19H2,1H3. The quantitative estimate of drug-likeness (QED) is 0.545. The van der Waals surface area contributed by atoms with Crippen molar-refractivity contribution in [1.82, 2.24) is 9.80 Å². The largest absolute Gasteiger partial charge is 0.497 e. The highest BCUT2D eigenvalue weighted by molar-refractivity contribution is 7.12. The molecule has 2 aliphatic heterocycles. The Morgan fingerprint density at radius 3 is 2.42 bits per heavy atom. The van der Waals surface area contributed by atoms with Crippen molar-refractivity contribution in [1.29, 1.82) is 0 Å². The van der Waals surface area contributed by atoms with Gasteiger partial charge in [-0.3, -0.25) is 14.4 Å². The fourth-order valence-electron chi connectivity index (χ4n) is 4.97. The Kier molecular flexibility index (Phi) is 7.48. The van der Waals surface area contributed by atoms with Crippen molar-refractivity contribution in [2.45, 2.75) is 44.9 Å². The number of rotatable bonds is 8. The van der Waals surface area contributed by atoms with E-state index >= 15 is 0 Å². The first kappa shape index (κ1) is 23.5. The summed E-state index contributed by atoms with van der Waals surface area (Å²) >= 11 is 1.46. The van der Waals surface area contributed by atoms with Gasteiger partial charge < -0.3 is 14.5 Å². The summed E-state index contributed by atoms with van der Waals surface area (Å²) in [5.41, 5.74) is 1.10. The maximum Gasteiger partial charge on any atom is 0.226 e. The van der Waals surface area contributed by atoms with Crippen LogP contribution in [0.3, 0.4) is 0 Å². The Bertz CT molecular complexity index is 980. The summed E-state index contributed by atoms with van der Waals surface area (Å²) in [6, 6.07) is 11.4. The van der Waals surface area contributed by atoms with Crippen molar-refractivity contribution < 1.29 is 19.1 Å². The zero-order valence-corrected chi connectivity index (χ0v) is 20.1. The topological polar surface area (TPSA) is 66.9 Å². The summed E-state index contributed by atoms with van der Waals surface area (Å²) in [6.07, 6.45) is 4.73. The zero-order valence-electron chi connectivity index (χ0n) is 19.3. The van der Waals surface area contributed by atoms with E-state index in [1.807, 2.05) is 51.6 Å². The molecule has 2 fully saturated rings. The van der Waals surface area contributed by atoms with Gasteiger partial charge in [-0.1, -0.05) is 18.2 Å². The Morgan fingerprint density at radius 2 is 1.73 bits per heavy atom. The average molecular weight is 469 g/mol. The summed E-state index contributed by atoms with van der Waals surface area (Å²) in [5.74, 6) is 1.20. The third-order valence-electron chi connectivity index (χ3n) is 7.05. The van der Waals surface area contributed by atoms with E-state index in [4.69, 9.17) is 4.74 Å². The molecule has 3 heterocycles. The minimum atomic E-state index is 0.127. The molecular formula is C26H32N2O4S. The van der Waals surface area contributed by atoms with Crippen LogP contribution < -0.4 is 4.74 Å². The number of hydrogen-bond acceptors (Lipinski definition) is 5. The normalized spacial score (nSPS) is 17.4. The van der Waals surface area contributed by atoms with Gasteiger partial charge in [-0.15, -0.1) is 11.3 Å². The van der Waals surface area contributed by atoms with E-state index in [0.717, 1.165) is 61.6 Å². The number of benzene rings is 1. The fourth-order valence-corrected chi connectivity index (χ4v) is 5.67. The van der Waals surface area contributed by atoms with E-state index in [1.54, 1.807) is 7.11 Å². The molecule has 33 heavy (non-hydrogen) atoms. The summed E-state index contributed by atoms with van der Waals surface area (Å²) in [4.78, 5) is 42.3. The van der Waals surface area contributed by atoms with Crippen LogP contribution in [-0.2, 0) is 16.0 Å². The number of methoxy groups -OCH3 is 1. The molecule has 2 aromatic rings. The van der Waals surface area contributed by atoms with Crippen LogP contribution in [0.1, 0.15) is 53.8 Å². The van der Waals surface area contributed by atoms with Crippen LogP contribution >= 0.6 is 11.3 Å². The number of ether oxygens (including phenoxy) is 1. The molecule has 1 spiro atoms. The molecule has 0 bridgehead atoms. The van der Waals surface area contributed by atoms with Crippen LogP contribution in [0.4, 0.5) is 0 Å². The van der Waals surface area contributed by atoms with Gasteiger partial charge in [-0.05, 0) is 60.2 Å². The van der Waals surface area contributed by atoms with Gasteiger partial charge in [0.25, 0.3) is 0 Å². The van der Waals surface area contributed by atoms with Crippen LogP contribution in [0.15, 0.2) is 41.8 Å². The molecule has 6 nitrogen and oxygen atoms in total. The number of piperidine rings is 1. The maximum absolute atomic E-state index is 12.8. The highest BCUT2D eigenvalue weighted by Gasteiger charge is 2.42. The lowest BCUT2D eigenvalue weighted by Gasteiger charge is -2.39. The molecule has 176 valence electrons. The Hall–Kier alpha value is -2.67. The smallest absolute Gasteiger partial charge is 0.226 e. The Morgan fingerprint density at radius 1 is 0.970 bits per heavy atom. The molecule has 0 aliphatic carbocycles. The van der Waals surface area contributed by atoms with Crippen LogP contribution in [-0.4, -0.2) is 60.7 Å². The van der Waals surface area contributed by atoms with Crippen LogP contribution in [0.25, 0.3) is 0 Å². The van der Waals surface area contributed by atoms with Gasteiger partial charge in [-0.25, -0.2) is 0 Å². The predicted molar refractivity (Wildman–Crippen MR) is 129 cm³/mol. The average Bonchev–Trinajstić information content (AvgIpc) is 3.50. The minimum Gasteiger partial charge on any atom is -0.497 e. The molecular weight excluding hydrogens is 436 g/mol. The number of nitrogens with zero attached hydrogens (tertiary/aromatic N) is 2. The van der Waals surface area contributed by atoms with Crippen molar-refractivity contribution >= 4 is 28.9 Å². The first-order valence-electron chi connectivity index (χ1n) is 11.7. The van der Waals surface area contributed by atoms with Crippen molar-refractivity contribution in [3.63, 3.8) is 0 Å². The lowest BCUT2D eigenvalue weighted by Crippen LogP contribution is -2.45. The van der Waals surface area contributed by atoms with Gasteiger partial charge in [-0.2, -0.15) is 0 Å². The predicted octanol–water partition coefficient (Wildman–Crippen LogP) is 4.19. The summed E-state index contributed by atoms with van der Waals surface area (Å²) in [6.45, 7) is 3.07. The van der Waals surface area contributed by atoms with E-state index in [9.17, 15) is 14.4 Å².